The molecule has 2 aliphatic heterocycles. The Morgan fingerprint density at radius 1 is 1.11 bits per heavy atom. The molecule has 0 spiro atoms. The second kappa shape index (κ2) is 10.9. The Balaban J connectivity index is 1.57. The minimum atomic E-state index is -3.69. The summed E-state index contributed by atoms with van der Waals surface area (Å²) in [6, 6.07) is 10.1. The van der Waals surface area contributed by atoms with Crippen LogP contribution in [0.5, 0.6) is 11.5 Å². The molecule has 1 aliphatic carbocycles. The number of methoxy groups -OCH3 is 1. The number of halogens is 2. The lowest BCUT2D eigenvalue weighted by Crippen LogP contribution is -2.47. The SMILES string of the molecule is COc1cc2c(cc1OCC(F)F)C1CC(O)CCC1N=C2c1cccc(S(=O)(=O)N2CCN(C)CC2)c1. The van der Waals surface area contributed by atoms with Crippen molar-refractivity contribution in [3.63, 3.8) is 0 Å². The van der Waals surface area contributed by atoms with Crippen LogP contribution in [0.15, 0.2) is 46.3 Å². The van der Waals surface area contributed by atoms with E-state index in [1.807, 2.05) is 13.1 Å². The molecule has 0 amide bonds. The predicted molar refractivity (Wildman–Crippen MR) is 139 cm³/mol. The van der Waals surface area contributed by atoms with Crippen molar-refractivity contribution in [3.8, 4) is 11.5 Å². The highest BCUT2D eigenvalue weighted by molar-refractivity contribution is 7.89. The van der Waals surface area contributed by atoms with Gasteiger partial charge in [0, 0.05) is 43.2 Å². The fraction of sp³-hybridized carbons (Fsp3) is 0.519. The van der Waals surface area contributed by atoms with Crippen LogP contribution in [0.25, 0.3) is 0 Å². The van der Waals surface area contributed by atoms with Crippen LogP contribution >= 0.6 is 0 Å². The smallest absolute Gasteiger partial charge is 0.272 e. The topological polar surface area (TPSA) is 91.7 Å². The van der Waals surface area contributed by atoms with Gasteiger partial charge in [-0.2, -0.15) is 4.31 Å². The number of aliphatic hydroxyl groups excluding tert-OH is 1. The molecule has 3 unspecified atom stereocenters. The first kappa shape index (κ1) is 27.0. The molecule has 0 radical (unpaired) electrons. The summed E-state index contributed by atoms with van der Waals surface area (Å²) < 4.78 is 65.1. The fourth-order valence-electron chi connectivity index (χ4n) is 5.58. The van der Waals surface area contributed by atoms with E-state index in [-0.39, 0.29) is 28.4 Å². The van der Waals surface area contributed by atoms with Gasteiger partial charge in [-0.1, -0.05) is 12.1 Å². The van der Waals surface area contributed by atoms with Crippen molar-refractivity contribution in [3.05, 3.63) is 53.1 Å². The molecule has 206 valence electrons. The highest BCUT2D eigenvalue weighted by Gasteiger charge is 2.38. The molecule has 3 aliphatic rings. The van der Waals surface area contributed by atoms with Gasteiger partial charge < -0.3 is 19.5 Å². The summed E-state index contributed by atoms with van der Waals surface area (Å²) in [5, 5.41) is 10.4. The minimum Gasteiger partial charge on any atom is -0.493 e. The fourth-order valence-corrected chi connectivity index (χ4v) is 7.05. The van der Waals surface area contributed by atoms with Crippen molar-refractivity contribution in [2.75, 3.05) is 46.9 Å². The zero-order valence-corrected chi connectivity index (χ0v) is 22.3. The second-order valence-corrected chi connectivity index (χ2v) is 12.1. The van der Waals surface area contributed by atoms with Crippen LogP contribution < -0.4 is 9.47 Å². The zero-order chi connectivity index (χ0) is 27.0. The maximum atomic E-state index is 13.5. The number of fused-ring (bicyclic) bond motifs is 3. The predicted octanol–water partition coefficient (Wildman–Crippen LogP) is 3.12. The van der Waals surface area contributed by atoms with Crippen molar-refractivity contribution in [1.82, 2.24) is 9.21 Å². The first-order chi connectivity index (χ1) is 18.2. The monoisotopic (exact) mass is 549 g/mol. The molecule has 1 saturated carbocycles. The van der Waals surface area contributed by atoms with Crippen molar-refractivity contribution in [1.29, 1.82) is 0 Å². The van der Waals surface area contributed by atoms with Crippen molar-refractivity contribution in [2.24, 2.45) is 4.99 Å². The number of aliphatic hydroxyl groups is 1. The third-order valence-corrected chi connectivity index (χ3v) is 9.54. The highest BCUT2D eigenvalue weighted by Crippen LogP contribution is 2.45. The lowest BCUT2D eigenvalue weighted by Gasteiger charge is -2.37. The molecule has 3 atom stereocenters. The normalized spacial score (nSPS) is 24.5. The molecule has 2 aromatic rings. The Morgan fingerprint density at radius 2 is 1.87 bits per heavy atom. The van der Waals surface area contributed by atoms with Gasteiger partial charge in [-0.05, 0) is 56.1 Å². The van der Waals surface area contributed by atoms with Crippen LogP contribution in [0.3, 0.4) is 0 Å². The number of hydrogen-bond donors (Lipinski definition) is 1. The molecule has 2 aromatic carbocycles. The average Bonchev–Trinajstić information content (AvgIpc) is 2.91. The number of alkyl halides is 2. The number of benzene rings is 2. The summed E-state index contributed by atoms with van der Waals surface area (Å²) in [6.07, 6.45) is -1.36. The van der Waals surface area contributed by atoms with E-state index in [4.69, 9.17) is 14.5 Å². The summed E-state index contributed by atoms with van der Waals surface area (Å²) in [6.45, 7) is 1.43. The number of rotatable bonds is 7. The van der Waals surface area contributed by atoms with Crippen molar-refractivity contribution >= 4 is 15.7 Å². The molecule has 2 heterocycles. The van der Waals surface area contributed by atoms with Crippen LogP contribution in [-0.4, -0.2) is 94.0 Å². The molecule has 2 fully saturated rings. The maximum Gasteiger partial charge on any atom is 0.272 e. The van der Waals surface area contributed by atoms with Gasteiger partial charge in [-0.15, -0.1) is 0 Å². The van der Waals surface area contributed by atoms with Gasteiger partial charge in [0.25, 0.3) is 6.43 Å². The van der Waals surface area contributed by atoms with Gasteiger partial charge in [-0.25, -0.2) is 17.2 Å². The van der Waals surface area contributed by atoms with Gasteiger partial charge in [0.1, 0.15) is 6.61 Å². The molecule has 11 heteroatoms. The van der Waals surface area contributed by atoms with Gasteiger partial charge >= 0.3 is 0 Å². The Kier molecular flexibility index (Phi) is 7.72. The van der Waals surface area contributed by atoms with Crippen LogP contribution in [0.4, 0.5) is 8.78 Å². The lowest BCUT2D eigenvalue weighted by molar-refractivity contribution is 0.0802. The zero-order valence-electron chi connectivity index (χ0n) is 21.5. The number of sulfonamides is 1. The number of aliphatic imine (C=N–C) groups is 1. The molecule has 1 N–H and O–H groups in total. The maximum absolute atomic E-state index is 13.5. The molecular formula is C27H33F2N3O5S. The van der Waals surface area contributed by atoms with Gasteiger partial charge in [0.05, 0.1) is 29.9 Å². The highest BCUT2D eigenvalue weighted by atomic mass is 32.2. The number of hydrogen-bond acceptors (Lipinski definition) is 7. The van der Waals surface area contributed by atoms with E-state index in [0.717, 1.165) is 11.1 Å². The summed E-state index contributed by atoms with van der Waals surface area (Å²) in [7, 11) is -0.278. The summed E-state index contributed by atoms with van der Waals surface area (Å²) in [5.74, 6) is 0.376. The standard InChI is InChI=1S/C27H33F2N3O5S/c1-31-8-10-32(11-9-31)38(34,35)19-5-3-4-17(12-19)27-22-15-24(36-2)25(37-16-26(28)29)14-20(22)21-13-18(33)6-7-23(21)30-27/h3-5,12,14-15,18,21,23,26,33H,6-11,13,16H2,1-2H3. The Bertz CT molecular complexity index is 1310. The second-order valence-electron chi connectivity index (χ2n) is 10.1. The Hall–Kier alpha value is -2.60. The van der Waals surface area contributed by atoms with E-state index in [0.29, 0.717) is 56.7 Å². The quantitative estimate of drug-likeness (QED) is 0.571. The molecule has 8 nitrogen and oxygen atoms in total. The Morgan fingerprint density at radius 3 is 2.58 bits per heavy atom. The number of piperazine rings is 1. The summed E-state index contributed by atoms with van der Waals surface area (Å²) >= 11 is 0. The molecule has 38 heavy (non-hydrogen) atoms. The van der Waals surface area contributed by atoms with Crippen molar-refractivity contribution in [2.45, 2.75) is 48.6 Å². The summed E-state index contributed by atoms with van der Waals surface area (Å²) in [4.78, 5) is 7.35. The number of nitrogens with zero attached hydrogens (tertiary/aromatic N) is 3. The lowest BCUT2D eigenvalue weighted by atomic mass is 9.74. The first-order valence-corrected chi connectivity index (χ1v) is 14.3. The number of ether oxygens (including phenoxy) is 2. The van der Waals surface area contributed by atoms with Crippen LogP contribution in [-0.2, 0) is 10.0 Å². The van der Waals surface area contributed by atoms with Crippen LogP contribution in [0, 0.1) is 0 Å². The molecule has 1 saturated heterocycles. The molecule has 5 rings (SSSR count). The third-order valence-electron chi connectivity index (χ3n) is 7.64. The van der Waals surface area contributed by atoms with Gasteiger partial charge in [0.15, 0.2) is 11.5 Å². The van der Waals surface area contributed by atoms with E-state index in [2.05, 4.69) is 4.90 Å². The third kappa shape index (κ3) is 5.29. The van der Waals surface area contributed by atoms with E-state index < -0.39 is 29.2 Å². The van der Waals surface area contributed by atoms with Gasteiger partial charge in [-0.3, -0.25) is 4.99 Å². The van der Waals surface area contributed by atoms with E-state index in [9.17, 15) is 22.3 Å². The van der Waals surface area contributed by atoms with Crippen LogP contribution in [0.1, 0.15) is 41.9 Å². The van der Waals surface area contributed by atoms with E-state index >= 15 is 0 Å². The summed E-state index contributed by atoms with van der Waals surface area (Å²) in [5.41, 5.74) is 2.81. The van der Waals surface area contributed by atoms with Gasteiger partial charge in [0.2, 0.25) is 10.0 Å². The minimum absolute atomic E-state index is 0.116. The first-order valence-electron chi connectivity index (χ1n) is 12.9. The molecular weight excluding hydrogens is 516 g/mol. The largest absolute Gasteiger partial charge is 0.493 e. The van der Waals surface area contributed by atoms with E-state index in [1.165, 1.54) is 11.4 Å². The van der Waals surface area contributed by atoms with Crippen LogP contribution in [0.2, 0.25) is 0 Å². The number of likely N-dealkylation sites (N-methyl/N-ethyl adjacent to an activating group) is 1. The molecule has 0 aromatic heterocycles. The van der Waals surface area contributed by atoms with Crippen molar-refractivity contribution < 1.29 is 31.8 Å². The van der Waals surface area contributed by atoms with E-state index in [1.54, 1.807) is 30.3 Å². The molecule has 0 bridgehead atoms. The average molecular weight is 550 g/mol. The Labute approximate surface area is 221 Å².